The van der Waals surface area contributed by atoms with Crippen molar-refractivity contribution in [2.45, 2.75) is 6.54 Å². The average Bonchev–Trinajstić information content (AvgIpc) is 2.71. The highest BCUT2D eigenvalue weighted by Crippen LogP contribution is 2.27. The molecule has 3 heteroatoms. The number of hydrogen-bond donors (Lipinski definition) is 0. The Bertz CT molecular complexity index is 1100. The fourth-order valence-corrected chi connectivity index (χ4v) is 3.54. The molecule has 0 aliphatic heterocycles. The SMILES string of the molecule is COc1ccc(Cn2c(-c3ccccc3)cc(=S)c3ccccc32)cc1. The monoisotopic (exact) mass is 357 g/mol. The highest BCUT2D eigenvalue weighted by atomic mass is 32.1. The van der Waals surface area contributed by atoms with Gasteiger partial charge in [-0.1, -0.05) is 72.9 Å². The van der Waals surface area contributed by atoms with Crippen molar-refractivity contribution in [3.8, 4) is 17.0 Å². The van der Waals surface area contributed by atoms with Gasteiger partial charge in [0.05, 0.1) is 18.3 Å². The molecule has 0 bridgehead atoms. The highest BCUT2D eigenvalue weighted by molar-refractivity contribution is 7.71. The van der Waals surface area contributed by atoms with Gasteiger partial charge in [0, 0.05) is 16.4 Å². The van der Waals surface area contributed by atoms with Gasteiger partial charge >= 0.3 is 0 Å². The number of benzene rings is 3. The van der Waals surface area contributed by atoms with Gasteiger partial charge in [-0.2, -0.15) is 0 Å². The van der Waals surface area contributed by atoms with E-state index >= 15 is 0 Å². The fourth-order valence-electron chi connectivity index (χ4n) is 3.26. The van der Waals surface area contributed by atoms with E-state index in [1.54, 1.807) is 7.11 Å². The van der Waals surface area contributed by atoms with E-state index in [0.717, 1.165) is 39.0 Å². The molecule has 0 amide bonds. The van der Waals surface area contributed by atoms with Crippen LogP contribution in [-0.2, 0) is 6.54 Å². The van der Waals surface area contributed by atoms with Crippen LogP contribution in [0.5, 0.6) is 5.75 Å². The molecule has 26 heavy (non-hydrogen) atoms. The van der Waals surface area contributed by atoms with Crippen LogP contribution in [0.25, 0.3) is 22.2 Å². The van der Waals surface area contributed by atoms with Crippen LogP contribution in [0, 0.1) is 4.51 Å². The Balaban J connectivity index is 1.92. The van der Waals surface area contributed by atoms with E-state index in [9.17, 15) is 0 Å². The Morgan fingerprint density at radius 1 is 0.846 bits per heavy atom. The molecule has 0 fully saturated rings. The van der Waals surface area contributed by atoms with Crippen LogP contribution >= 0.6 is 12.2 Å². The van der Waals surface area contributed by atoms with Crippen molar-refractivity contribution < 1.29 is 4.74 Å². The Kier molecular flexibility index (Phi) is 4.55. The minimum absolute atomic E-state index is 0.768. The van der Waals surface area contributed by atoms with Crippen LogP contribution in [-0.4, -0.2) is 11.7 Å². The van der Waals surface area contributed by atoms with E-state index in [1.165, 1.54) is 5.56 Å². The van der Waals surface area contributed by atoms with Crippen LogP contribution in [0.1, 0.15) is 5.56 Å². The van der Waals surface area contributed by atoms with Gasteiger partial charge < -0.3 is 9.30 Å². The molecule has 0 atom stereocenters. The predicted molar refractivity (Wildman–Crippen MR) is 110 cm³/mol. The van der Waals surface area contributed by atoms with Gasteiger partial charge in [-0.25, -0.2) is 0 Å². The molecule has 0 aliphatic rings. The van der Waals surface area contributed by atoms with E-state index in [2.05, 4.69) is 65.2 Å². The third-order valence-electron chi connectivity index (χ3n) is 4.59. The topological polar surface area (TPSA) is 14.2 Å². The summed E-state index contributed by atoms with van der Waals surface area (Å²) in [4.78, 5) is 0. The molecule has 0 saturated carbocycles. The third-order valence-corrected chi connectivity index (χ3v) is 4.93. The lowest BCUT2D eigenvalue weighted by atomic mass is 10.1. The zero-order valence-electron chi connectivity index (χ0n) is 14.6. The van der Waals surface area contributed by atoms with Crippen molar-refractivity contribution in [2.24, 2.45) is 0 Å². The first-order chi connectivity index (χ1) is 12.8. The first kappa shape index (κ1) is 16.6. The maximum Gasteiger partial charge on any atom is 0.118 e. The summed E-state index contributed by atoms with van der Waals surface area (Å²) in [5.74, 6) is 0.868. The number of ether oxygens (including phenoxy) is 1. The number of rotatable bonds is 4. The summed E-state index contributed by atoms with van der Waals surface area (Å²) in [5.41, 5.74) is 4.66. The quantitative estimate of drug-likeness (QED) is 0.410. The Labute approximate surface area is 158 Å². The molecule has 0 unspecified atom stereocenters. The molecule has 0 aliphatic carbocycles. The number of fused-ring (bicyclic) bond motifs is 1. The van der Waals surface area contributed by atoms with Crippen molar-refractivity contribution in [3.05, 3.63) is 95.0 Å². The smallest absolute Gasteiger partial charge is 0.118 e. The number of hydrogen-bond acceptors (Lipinski definition) is 2. The van der Waals surface area contributed by atoms with Crippen molar-refractivity contribution in [1.29, 1.82) is 0 Å². The first-order valence-electron chi connectivity index (χ1n) is 8.57. The number of para-hydroxylation sites is 1. The standard InChI is InChI=1S/C23H19NOS/c1-25-19-13-11-17(12-14-19)16-24-21-10-6-5-9-20(21)23(26)15-22(24)18-7-3-2-4-8-18/h2-15H,16H2,1H3. The molecule has 0 saturated heterocycles. The van der Waals surface area contributed by atoms with Crippen molar-refractivity contribution in [1.82, 2.24) is 4.57 Å². The summed E-state index contributed by atoms with van der Waals surface area (Å²) >= 11 is 5.67. The van der Waals surface area contributed by atoms with Crippen LogP contribution in [0.3, 0.4) is 0 Å². The van der Waals surface area contributed by atoms with E-state index in [-0.39, 0.29) is 0 Å². The maximum atomic E-state index is 5.67. The molecule has 2 nitrogen and oxygen atoms in total. The summed E-state index contributed by atoms with van der Waals surface area (Å²) in [6.45, 7) is 0.768. The van der Waals surface area contributed by atoms with Crippen LogP contribution in [0.4, 0.5) is 0 Å². The second kappa shape index (κ2) is 7.14. The summed E-state index contributed by atoms with van der Waals surface area (Å²) in [5, 5.41) is 1.11. The summed E-state index contributed by atoms with van der Waals surface area (Å²) < 4.78 is 8.49. The summed E-state index contributed by atoms with van der Waals surface area (Å²) in [6, 6.07) is 29.1. The normalized spacial score (nSPS) is 10.8. The van der Waals surface area contributed by atoms with Crippen LogP contribution < -0.4 is 4.74 Å². The van der Waals surface area contributed by atoms with Gasteiger partial charge in [0.15, 0.2) is 0 Å². The van der Waals surface area contributed by atoms with Crippen molar-refractivity contribution in [3.63, 3.8) is 0 Å². The molecule has 1 aromatic heterocycles. The molecular weight excluding hydrogens is 338 g/mol. The Morgan fingerprint density at radius 3 is 2.27 bits per heavy atom. The fraction of sp³-hybridized carbons (Fsp3) is 0.0870. The minimum Gasteiger partial charge on any atom is -0.497 e. The second-order valence-electron chi connectivity index (χ2n) is 6.21. The molecule has 128 valence electrons. The highest BCUT2D eigenvalue weighted by Gasteiger charge is 2.10. The van der Waals surface area contributed by atoms with Crippen LogP contribution in [0.15, 0.2) is 84.9 Å². The summed E-state index contributed by atoms with van der Waals surface area (Å²) in [6.07, 6.45) is 0. The van der Waals surface area contributed by atoms with Gasteiger partial charge in [0.25, 0.3) is 0 Å². The van der Waals surface area contributed by atoms with Gasteiger partial charge in [-0.3, -0.25) is 0 Å². The molecule has 3 aromatic carbocycles. The van der Waals surface area contributed by atoms with Crippen molar-refractivity contribution >= 4 is 23.1 Å². The molecule has 0 spiro atoms. The summed E-state index contributed by atoms with van der Waals surface area (Å²) in [7, 11) is 1.69. The van der Waals surface area contributed by atoms with Crippen LogP contribution in [0.2, 0.25) is 0 Å². The maximum absolute atomic E-state index is 5.67. The minimum atomic E-state index is 0.768. The first-order valence-corrected chi connectivity index (χ1v) is 8.98. The van der Waals surface area contributed by atoms with E-state index < -0.39 is 0 Å². The van der Waals surface area contributed by atoms with Gasteiger partial charge in [-0.05, 0) is 35.4 Å². The average molecular weight is 357 g/mol. The van der Waals surface area contributed by atoms with Crippen molar-refractivity contribution in [2.75, 3.05) is 7.11 Å². The molecule has 1 heterocycles. The number of methoxy groups -OCH3 is 1. The van der Waals surface area contributed by atoms with E-state index in [0.29, 0.717) is 0 Å². The molecule has 0 radical (unpaired) electrons. The third kappa shape index (κ3) is 3.14. The van der Waals surface area contributed by atoms with E-state index in [1.807, 2.05) is 24.3 Å². The lowest BCUT2D eigenvalue weighted by Crippen LogP contribution is -2.06. The number of aromatic nitrogens is 1. The predicted octanol–water partition coefficient (Wildman–Crippen LogP) is 6.09. The number of pyridine rings is 1. The lowest BCUT2D eigenvalue weighted by molar-refractivity contribution is 0.414. The zero-order chi connectivity index (χ0) is 17.9. The Hall–Kier alpha value is -2.91. The number of nitrogens with zero attached hydrogens (tertiary/aromatic N) is 1. The lowest BCUT2D eigenvalue weighted by Gasteiger charge is -2.18. The van der Waals surface area contributed by atoms with E-state index in [4.69, 9.17) is 17.0 Å². The van der Waals surface area contributed by atoms with Gasteiger partial charge in [-0.15, -0.1) is 0 Å². The second-order valence-corrected chi connectivity index (χ2v) is 6.65. The molecular formula is C23H19NOS. The largest absolute Gasteiger partial charge is 0.497 e. The Morgan fingerprint density at radius 2 is 1.54 bits per heavy atom. The molecule has 4 aromatic rings. The van der Waals surface area contributed by atoms with Gasteiger partial charge in [0.1, 0.15) is 5.75 Å². The van der Waals surface area contributed by atoms with Gasteiger partial charge in [0.2, 0.25) is 0 Å². The molecule has 0 N–H and O–H groups in total. The zero-order valence-corrected chi connectivity index (χ0v) is 15.4. The molecule has 4 rings (SSSR count).